The number of anilines is 1. The maximum atomic E-state index is 10.7. The second-order valence-electron chi connectivity index (χ2n) is 4.92. The van der Waals surface area contributed by atoms with E-state index < -0.39 is 39.0 Å². The first-order chi connectivity index (χ1) is 10.8. The maximum Gasteiger partial charge on any atom is 0.469 e. The summed E-state index contributed by atoms with van der Waals surface area (Å²) in [6.45, 7) is -0.594. The molecule has 0 aromatic carbocycles. The number of phosphoric acid groups is 1. The molecule has 0 unspecified atom stereocenters. The van der Waals surface area contributed by atoms with Crippen LogP contribution in [0.1, 0.15) is 6.23 Å². The predicted octanol–water partition coefficient (Wildman–Crippen LogP) is -1.86. The molecular weight excluding hydrogens is 332 g/mol. The lowest BCUT2D eigenvalue weighted by Gasteiger charge is -2.16. The van der Waals surface area contributed by atoms with E-state index in [9.17, 15) is 14.8 Å². The number of fused-ring (bicyclic) bond motifs is 1. The summed E-state index contributed by atoms with van der Waals surface area (Å²) in [5, 5.41) is 20.1. The summed E-state index contributed by atoms with van der Waals surface area (Å²) < 4.78 is 21.8. The number of ether oxygens (including phenoxy) is 1. The Kier molecular flexibility index (Phi) is 4.06. The molecule has 23 heavy (non-hydrogen) atoms. The lowest BCUT2D eigenvalue weighted by molar-refractivity contribution is -0.0504. The molecule has 13 heteroatoms. The monoisotopic (exact) mass is 346 g/mol. The van der Waals surface area contributed by atoms with Crippen LogP contribution in [-0.4, -0.2) is 64.4 Å². The molecular formula is C10H14N5O7P. The van der Waals surface area contributed by atoms with Crippen molar-refractivity contribution in [2.24, 2.45) is 0 Å². The lowest BCUT2D eigenvalue weighted by atomic mass is 9.85. The third-order valence-electron chi connectivity index (χ3n) is 3.41. The minimum atomic E-state index is -4.72. The Morgan fingerprint density at radius 1 is 1.30 bits per heavy atom. The van der Waals surface area contributed by atoms with Crippen LogP contribution in [0.5, 0.6) is 0 Å². The van der Waals surface area contributed by atoms with Crippen LogP contribution in [0.4, 0.5) is 5.82 Å². The van der Waals surface area contributed by atoms with E-state index in [1.54, 1.807) is 0 Å². The fourth-order valence-electron chi connectivity index (χ4n) is 2.32. The Labute approximate surface area is 128 Å². The van der Waals surface area contributed by atoms with Crippen molar-refractivity contribution >= 4 is 24.8 Å². The Hall–Kier alpha value is -1.66. The van der Waals surface area contributed by atoms with Gasteiger partial charge in [-0.1, -0.05) is 0 Å². The third kappa shape index (κ3) is 3.05. The van der Waals surface area contributed by atoms with Crippen molar-refractivity contribution < 1.29 is 33.8 Å². The van der Waals surface area contributed by atoms with Crippen LogP contribution in [0.2, 0.25) is 0 Å². The van der Waals surface area contributed by atoms with E-state index >= 15 is 0 Å². The van der Waals surface area contributed by atoms with Crippen molar-refractivity contribution in [2.45, 2.75) is 24.5 Å². The number of aromatic nitrogens is 4. The van der Waals surface area contributed by atoms with E-state index in [0.717, 1.165) is 0 Å². The highest BCUT2D eigenvalue weighted by atomic mass is 31.2. The SMILES string of the molecule is Nc1ncnc2c1ncn2[11C@@H]1O[C@H](COP(=O)(O)O)[C@@H](O)[C@H]1O. The summed E-state index contributed by atoms with van der Waals surface area (Å²) in [6.07, 6.45) is -2.49. The summed E-state index contributed by atoms with van der Waals surface area (Å²) in [5.74, 6) is 0.142. The summed E-state index contributed by atoms with van der Waals surface area (Å²) >= 11 is 0. The van der Waals surface area contributed by atoms with Crippen molar-refractivity contribution in [3.63, 3.8) is 0 Å². The van der Waals surface area contributed by atoms with Gasteiger partial charge in [0.15, 0.2) is 17.7 Å². The molecule has 3 rings (SSSR count). The van der Waals surface area contributed by atoms with Gasteiger partial charge in [-0.25, -0.2) is 19.5 Å². The molecule has 3 heterocycles. The van der Waals surface area contributed by atoms with Crippen LogP contribution in [0, 0.1) is 0 Å². The highest BCUT2D eigenvalue weighted by Crippen LogP contribution is 2.38. The van der Waals surface area contributed by atoms with Gasteiger partial charge in [0.25, 0.3) is 0 Å². The van der Waals surface area contributed by atoms with Gasteiger partial charge >= 0.3 is 7.82 Å². The van der Waals surface area contributed by atoms with Crippen LogP contribution in [0.25, 0.3) is 11.2 Å². The molecule has 6 N–H and O–H groups in total. The molecule has 0 saturated carbocycles. The lowest BCUT2D eigenvalue weighted by Crippen LogP contribution is -2.33. The zero-order valence-corrected chi connectivity index (χ0v) is 12.4. The third-order valence-corrected chi connectivity index (χ3v) is 3.89. The van der Waals surface area contributed by atoms with Crippen LogP contribution in [0.15, 0.2) is 12.7 Å². The summed E-state index contributed by atoms with van der Waals surface area (Å²) in [5.41, 5.74) is 6.25. The Morgan fingerprint density at radius 3 is 2.74 bits per heavy atom. The van der Waals surface area contributed by atoms with Crippen LogP contribution in [-0.2, 0) is 13.8 Å². The molecule has 4 atom stereocenters. The fraction of sp³-hybridized carbons (Fsp3) is 0.500. The molecule has 1 aliphatic rings. The molecule has 2 aromatic heterocycles. The van der Waals surface area contributed by atoms with E-state index in [2.05, 4.69) is 19.5 Å². The fourth-order valence-corrected chi connectivity index (χ4v) is 2.66. The van der Waals surface area contributed by atoms with Crippen molar-refractivity contribution in [2.75, 3.05) is 12.3 Å². The van der Waals surface area contributed by atoms with Crippen molar-refractivity contribution in [3.8, 4) is 0 Å². The number of nitrogens with zero attached hydrogens (tertiary/aromatic N) is 4. The number of aliphatic hydroxyl groups is 2. The molecule has 12 nitrogen and oxygen atoms in total. The van der Waals surface area contributed by atoms with Crippen LogP contribution in [0.3, 0.4) is 0 Å². The summed E-state index contributed by atoms with van der Waals surface area (Å²) in [7, 11) is -4.72. The molecule has 2 aromatic rings. The molecule has 0 amide bonds. The Morgan fingerprint density at radius 2 is 2.04 bits per heavy atom. The van der Waals surface area contributed by atoms with Gasteiger partial charge in [-0.05, 0) is 0 Å². The normalized spacial score (nSPS) is 28.5. The van der Waals surface area contributed by atoms with Crippen molar-refractivity contribution in [1.82, 2.24) is 19.5 Å². The first-order valence-electron chi connectivity index (χ1n) is 6.42. The van der Waals surface area contributed by atoms with Crippen LogP contribution < -0.4 is 5.73 Å². The maximum absolute atomic E-state index is 10.7. The number of rotatable bonds is 4. The van der Waals surface area contributed by atoms with Gasteiger partial charge in [0.2, 0.25) is 0 Å². The molecule has 1 aliphatic heterocycles. The molecule has 0 spiro atoms. The molecule has 1 fully saturated rings. The molecule has 0 bridgehead atoms. The van der Waals surface area contributed by atoms with E-state index in [0.29, 0.717) is 5.52 Å². The van der Waals surface area contributed by atoms with E-state index in [1.807, 2.05) is 0 Å². The first kappa shape index (κ1) is 16.2. The Bertz CT molecular complexity index is 763. The van der Waals surface area contributed by atoms with Crippen molar-refractivity contribution in [1.29, 1.82) is 0 Å². The smallest absolute Gasteiger partial charge is 0.387 e. The van der Waals surface area contributed by atoms with Gasteiger partial charge in [0.1, 0.15) is 30.2 Å². The molecule has 0 radical (unpaired) electrons. The minimum Gasteiger partial charge on any atom is -0.387 e. The molecule has 126 valence electrons. The number of nitrogen functional groups attached to an aromatic ring is 1. The number of aliphatic hydroxyl groups excluding tert-OH is 2. The first-order valence-corrected chi connectivity index (χ1v) is 7.95. The Balaban J connectivity index is 1.85. The van der Waals surface area contributed by atoms with Gasteiger partial charge in [-0.15, -0.1) is 0 Å². The number of nitrogens with two attached hydrogens (primary N) is 1. The van der Waals surface area contributed by atoms with E-state index in [-0.39, 0.29) is 11.5 Å². The quantitative estimate of drug-likeness (QED) is 0.391. The zero-order chi connectivity index (χ0) is 16.8. The number of imidazole rings is 1. The van der Waals surface area contributed by atoms with Gasteiger partial charge in [-0.3, -0.25) is 9.09 Å². The zero-order valence-electron chi connectivity index (χ0n) is 11.5. The second-order valence-corrected chi connectivity index (χ2v) is 6.15. The van der Waals surface area contributed by atoms with Gasteiger partial charge in [-0.2, -0.15) is 0 Å². The van der Waals surface area contributed by atoms with E-state index in [1.165, 1.54) is 17.2 Å². The highest BCUT2D eigenvalue weighted by Gasteiger charge is 2.45. The minimum absolute atomic E-state index is 0.142. The highest BCUT2D eigenvalue weighted by molar-refractivity contribution is 7.46. The van der Waals surface area contributed by atoms with Gasteiger partial charge in [0, 0.05) is 0 Å². The number of hydrogen-bond donors (Lipinski definition) is 5. The predicted molar refractivity (Wildman–Crippen MR) is 73.7 cm³/mol. The number of hydrogen-bond acceptors (Lipinski definition) is 9. The van der Waals surface area contributed by atoms with Crippen LogP contribution >= 0.6 is 7.82 Å². The largest absolute Gasteiger partial charge is 0.469 e. The average Bonchev–Trinajstić information content (AvgIpc) is 3.01. The summed E-state index contributed by atoms with van der Waals surface area (Å²) in [6, 6.07) is 0. The second kappa shape index (κ2) is 5.76. The topological polar surface area (TPSA) is 186 Å². The average molecular weight is 346 g/mol. The molecule has 1 saturated heterocycles. The number of phosphoric ester groups is 1. The standard InChI is InChI=1S/C10H14N5O7P/c11-8-5-9(13-2-12-8)15(3-14-5)10-7(17)6(16)4(22-10)1-21-23(18,19)20/h2-4,6-7,10,16-17H,1H2,(H2,11,12,13)(H2,18,19,20)/t4-,6-,7-,10-/m1/s1/i10-1. The van der Waals surface area contributed by atoms with Gasteiger partial charge < -0.3 is 30.5 Å². The van der Waals surface area contributed by atoms with E-state index in [4.69, 9.17) is 20.3 Å². The van der Waals surface area contributed by atoms with Gasteiger partial charge in [0.05, 0.1) is 12.9 Å². The summed E-state index contributed by atoms with van der Waals surface area (Å²) in [4.78, 5) is 29.2. The van der Waals surface area contributed by atoms with Crippen molar-refractivity contribution in [3.05, 3.63) is 12.7 Å². The molecule has 0 aliphatic carbocycles.